The zero-order chi connectivity index (χ0) is 28.6. The van der Waals surface area contributed by atoms with E-state index in [9.17, 15) is 14.7 Å². The molecule has 1 unspecified atom stereocenters. The average molecular weight is 577 g/mol. The van der Waals surface area contributed by atoms with Crippen molar-refractivity contribution in [3.8, 4) is 11.5 Å². The van der Waals surface area contributed by atoms with Gasteiger partial charge in [0.25, 0.3) is 5.78 Å². The standard InChI is InChI=1S/C31H29ClN2O5S/c1-5-13-39-22-12-9-20(16-23(22)38-6-2)27-25(28(35)19-7-10-21(32)11-8-19)29(36)30(37)34(27)31-33-26-18(4)14-17(3)15-24(26)40-31/h7-12,14-16,27,35H,5-6,13H2,1-4H3/b28-25+. The number of fused-ring (bicyclic) bond motifs is 1. The normalized spacial score (nSPS) is 16.6. The Morgan fingerprint density at radius 2 is 1.77 bits per heavy atom. The van der Waals surface area contributed by atoms with E-state index in [0.717, 1.165) is 27.8 Å². The molecule has 0 bridgehead atoms. The van der Waals surface area contributed by atoms with E-state index < -0.39 is 17.7 Å². The van der Waals surface area contributed by atoms with Crippen molar-refractivity contribution in [2.24, 2.45) is 0 Å². The third-order valence-electron chi connectivity index (χ3n) is 6.63. The third kappa shape index (κ3) is 5.05. The summed E-state index contributed by atoms with van der Waals surface area (Å²) in [5, 5.41) is 12.3. The van der Waals surface area contributed by atoms with Crippen LogP contribution in [0.15, 0.2) is 60.2 Å². The van der Waals surface area contributed by atoms with E-state index in [-0.39, 0.29) is 11.3 Å². The number of carbonyl (C=O) groups is 2. The maximum Gasteiger partial charge on any atom is 0.301 e. The van der Waals surface area contributed by atoms with Gasteiger partial charge in [-0.2, -0.15) is 0 Å². The fourth-order valence-electron chi connectivity index (χ4n) is 4.86. The van der Waals surface area contributed by atoms with E-state index in [2.05, 4.69) is 0 Å². The molecule has 1 aliphatic heterocycles. The predicted octanol–water partition coefficient (Wildman–Crippen LogP) is 7.38. The second-order valence-corrected chi connectivity index (χ2v) is 11.0. The first-order chi connectivity index (χ1) is 19.2. The van der Waals surface area contributed by atoms with Gasteiger partial charge >= 0.3 is 5.91 Å². The Morgan fingerprint density at radius 1 is 1.02 bits per heavy atom. The van der Waals surface area contributed by atoms with Gasteiger partial charge in [-0.3, -0.25) is 14.5 Å². The number of benzene rings is 3. The number of anilines is 1. The summed E-state index contributed by atoms with van der Waals surface area (Å²) < 4.78 is 12.7. The van der Waals surface area contributed by atoms with Crippen molar-refractivity contribution in [2.75, 3.05) is 18.1 Å². The van der Waals surface area contributed by atoms with E-state index in [0.29, 0.717) is 46.0 Å². The molecular formula is C31H29ClN2O5S. The monoisotopic (exact) mass is 576 g/mol. The number of aliphatic hydroxyl groups is 1. The molecule has 0 spiro atoms. The highest BCUT2D eigenvalue weighted by Crippen LogP contribution is 2.46. The van der Waals surface area contributed by atoms with E-state index in [1.807, 2.05) is 39.8 Å². The smallest absolute Gasteiger partial charge is 0.301 e. The summed E-state index contributed by atoms with van der Waals surface area (Å²) >= 11 is 7.39. The second kappa shape index (κ2) is 11.3. The number of aryl methyl sites for hydroxylation is 2. The summed E-state index contributed by atoms with van der Waals surface area (Å²) in [7, 11) is 0. The van der Waals surface area contributed by atoms with Crippen LogP contribution in [0, 0.1) is 13.8 Å². The molecular weight excluding hydrogens is 548 g/mol. The molecule has 0 saturated carbocycles. The van der Waals surface area contributed by atoms with Crippen molar-refractivity contribution in [3.63, 3.8) is 0 Å². The number of carbonyl (C=O) groups excluding carboxylic acids is 2. The quantitative estimate of drug-likeness (QED) is 0.134. The van der Waals surface area contributed by atoms with Gasteiger partial charge in [0.15, 0.2) is 16.6 Å². The molecule has 1 saturated heterocycles. The molecule has 1 N–H and O–H groups in total. The zero-order valence-electron chi connectivity index (χ0n) is 22.7. The van der Waals surface area contributed by atoms with Gasteiger partial charge in [-0.25, -0.2) is 4.98 Å². The lowest BCUT2D eigenvalue weighted by molar-refractivity contribution is -0.132. The Kier molecular flexibility index (Phi) is 7.83. The first-order valence-corrected chi connectivity index (χ1v) is 14.3. The fraction of sp³-hybridized carbons (Fsp3) is 0.258. The van der Waals surface area contributed by atoms with Crippen LogP contribution < -0.4 is 14.4 Å². The van der Waals surface area contributed by atoms with Gasteiger partial charge < -0.3 is 14.6 Å². The molecule has 206 valence electrons. The average Bonchev–Trinajstić information content (AvgIpc) is 3.46. The molecule has 3 aromatic carbocycles. The summed E-state index contributed by atoms with van der Waals surface area (Å²) in [5.41, 5.74) is 3.73. The van der Waals surface area contributed by atoms with Gasteiger partial charge in [0, 0.05) is 10.6 Å². The lowest BCUT2D eigenvalue weighted by Gasteiger charge is -2.24. The van der Waals surface area contributed by atoms with Crippen LogP contribution in [0.4, 0.5) is 5.13 Å². The topological polar surface area (TPSA) is 89.0 Å². The van der Waals surface area contributed by atoms with Crippen LogP contribution in [0.3, 0.4) is 0 Å². The Labute approximate surface area is 241 Å². The lowest BCUT2D eigenvalue weighted by atomic mass is 9.95. The summed E-state index contributed by atoms with van der Waals surface area (Å²) in [6.45, 7) is 8.76. The minimum Gasteiger partial charge on any atom is -0.507 e. The van der Waals surface area contributed by atoms with Crippen molar-refractivity contribution >= 4 is 55.7 Å². The number of nitrogens with zero attached hydrogens (tertiary/aromatic N) is 2. The molecule has 1 aliphatic rings. The lowest BCUT2D eigenvalue weighted by Crippen LogP contribution is -2.29. The van der Waals surface area contributed by atoms with Gasteiger partial charge in [0.05, 0.1) is 35.0 Å². The first-order valence-electron chi connectivity index (χ1n) is 13.1. The van der Waals surface area contributed by atoms with Crippen LogP contribution in [-0.2, 0) is 9.59 Å². The molecule has 1 aromatic heterocycles. The van der Waals surface area contributed by atoms with Crippen molar-refractivity contribution in [2.45, 2.75) is 40.2 Å². The van der Waals surface area contributed by atoms with Gasteiger partial charge in [0.2, 0.25) is 0 Å². The van der Waals surface area contributed by atoms with Crippen molar-refractivity contribution < 1.29 is 24.2 Å². The van der Waals surface area contributed by atoms with E-state index in [1.165, 1.54) is 16.2 Å². The number of aromatic nitrogens is 1. The Bertz CT molecular complexity index is 1640. The SMILES string of the molecule is CCCOc1ccc(C2/C(=C(\O)c3ccc(Cl)cc3)C(=O)C(=O)N2c2nc3c(C)cc(C)cc3s2)cc1OCC. The maximum absolute atomic E-state index is 13.7. The van der Waals surface area contributed by atoms with E-state index in [1.54, 1.807) is 42.5 Å². The van der Waals surface area contributed by atoms with Crippen LogP contribution in [0.2, 0.25) is 5.02 Å². The number of aliphatic hydroxyl groups excluding tert-OH is 1. The van der Waals surface area contributed by atoms with Gasteiger partial charge in [-0.15, -0.1) is 0 Å². The number of thiazole rings is 1. The first kappa shape index (κ1) is 27.7. The number of amides is 1. The molecule has 4 aromatic rings. The Hall–Kier alpha value is -3.88. The summed E-state index contributed by atoms with van der Waals surface area (Å²) in [6, 6.07) is 14.9. The highest BCUT2D eigenvalue weighted by molar-refractivity contribution is 7.22. The fourth-order valence-corrected chi connectivity index (χ4v) is 6.16. The second-order valence-electron chi connectivity index (χ2n) is 9.59. The van der Waals surface area contributed by atoms with Gasteiger partial charge in [-0.05, 0) is 86.3 Å². The third-order valence-corrected chi connectivity index (χ3v) is 7.89. The largest absolute Gasteiger partial charge is 0.507 e. The van der Waals surface area contributed by atoms with Crippen LogP contribution in [-0.4, -0.2) is 35.0 Å². The van der Waals surface area contributed by atoms with E-state index in [4.69, 9.17) is 26.1 Å². The number of rotatable bonds is 8. The molecule has 9 heteroatoms. The van der Waals surface area contributed by atoms with Crippen LogP contribution >= 0.6 is 22.9 Å². The predicted molar refractivity (Wildman–Crippen MR) is 159 cm³/mol. The molecule has 1 amide bonds. The molecule has 5 rings (SSSR count). The maximum atomic E-state index is 13.7. The van der Waals surface area contributed by atoms with Crippen LogP contribution in [0.1, 0.15) is 48.6 Å². The Morgan fingerprint density at radius 3 is 2.48 bits per heavy atom. The molecule has 40 heavy (non-hydrogen) atoms. The number of halogens is 1. The summed E-state index contributed by atoms with van der Waals surface area (Å²) in [4.78, 5) is 33.4. The van der Waals surface area contributed by atoms with Gasteiger partial charge in [-0.1, -0.05) is 42.0 Å². The number of ether oxygens (including phenoxy) is 2. The number of ketones is 1. The zero-order valence-corrected chi connectivity index (χ0v) is 24.2. The van der Waals surface area contributed by atoms with Crippen molar-refractivity contribution in [3.05, 3.63) is 87.4 Å². The number of Topliss-reactive ketones (excluding diaryl/α,β-unsaturated/α-hetero) is 1. The molecule has 1 fully saturated rings. The summed E-state index contributed by atoms with van der Waals surface area (Å²) in [5.74, 6) is -0.804. The number of hydrogen-bond acceptors (Lipinski definition) is 7. The van der Waals surface area contributed by atoms with E-state index >= 15 is 0 Å². The molecule has 1 atom stereocenters. The molecule has 0 radical (unpaired) electrons. The van der Waals surface area contributed by atoms with Crippen molar-refractivity contribution in [1.29, 1.82) is 0 Å². The molecule has 2 heterocycles. The Balaban J connectivity index is 1.73. The molecule has 7 nitrogen and oxygen atoms in total. The van der Waals surface area contributed by atoms with Gasteiger partial charge in [0.1, 0.15) is 5.76 Å². The van der Waals surface area contributed by atoms with Crippen LogP contribution in [0.5, 0.6) is 11.5 Å². The highest BCUT2D eigenvalue weighted by Gasteiger charge is 2.48. The minimum atomic E-state index is -0.947. The number of hydrogen-bond donors (Lipinski definition) is 1. The molecule has 0 aliphatic carbocycles. The highest BCUT2D eigenvalue weighted by atomic mass is 35.5. The van der Waals surface area contributed by atoms with Crippen LogP contribution in [0.25, 0.3) is 16.0 Å². The van der Waals surface area contributed by atoms with Crippen molar-refractivity contribution in [1.82, 2.24) is 4.98 Å². The summed E-state index contributed by atoms with van der Waals surface area (Å²) in [6.07, 6.45) is 0.824. The minimum absolute atomic E-state index is 0.0378.